The third-order valence-electron chi connectivity index (χ3n) is 5.91. The fraction of sp³-hybridized carbons (Fsp3) is 0.421. The van der Waals surface area contributed by atoms with Gasteiger partial charge in [-0.25, -0.2) is 9.07 Å². The topological polar surface area (TPSA) is 30.4 Å². The molecule has 1 aromatic carbocycles. The smallest absolute Gasteiger partial charge is 0.123 e. The highest BCUT2D eigenvalue weighted by atomic mass is 19.1. The Balaban J connectivity index is 1.57. The maximum atomic E-state index is 13.2. The molecule has 3 nitrogen and oxygen atoms in total. The van der Waals surface area contributed by atoms with Crippen LogP contribution in [0.15, 0.2) is 36.0 Å². The average Bonchev–Trinajstić information content (AvgIpc) is 3.21. The number of allylic oxidation sites excluding steroid dienone is 1. The van der Waals surface area contributed by atoms with Crippen LogP contribution < -0.4 is 0 Å². The van der Waals surface area contributed by atoms with Gasteiger partial charge in [-0.1, -0.05) is 12.5 Å². The molecule has 1 saturated heterocycles. The molecule has 3 aliphatic rings. The highest BCUT2D eigenvalue weighted by Crippen LogP contribution is 2.56. The minimum absolute atomic E-state index is 0.213. The van der Waals surface area contributed by atoms with Crippen molar-refractivity contribution >= 4 is 6.08 Å². The van der Waals surface area contributed by atoms with Crippen molar-refractivity contribution in [3.05, 3.63) is 53.1 Å². The largest absolute Gasteiger partial charge is 0.373 e. The van der Waals surface area contributed by atoms with Crippen LogP contribution in [0.5, 0.6) is 0 Å². The van der Waals surface area contributed by atoms with Crippen molar-refractivity contribution in [1.29, 1.82) is 0 Å². The summed E-state index contributed by atoms with van der Waals surface area (Å²) in [6.45, 7) is 3.31. The summed E-state index contributed by atoms with van der Waals surface area (Å²) in [5.41, 5.74) is 5.09. The molecule has 4 heteroatoms. The van der Waals surface area contributed by atoms with Crippen LogP contribution in [0.1, 0.15) is 31.0 Å². The average molecular weight is 310 g/mol. The van der Waals surface area contributed by atoms with Gasteiger partial charge in [0.2, 0.25) is 0 Å². The molecule has 2 aromatic rings. The molecule has 0 N–H and O–H groups in total. The first-order valence-corrected chi connectivity index (χ1v) is 8.31. The maximum absolute atomic E-state index is 13.2. The van der Waals surface area contributed by atoms with E-state index in [0.717, 1.165) is 30.8 Å². The predicted molar refractivity (Wildman–Crippen MR) is 85.8 cm³/mol. The zero-order valence-corrected chi connectivity index (χ0v) is 13.1. The number of ether oxygens (including phenoxy) is 1. The van der Waals surface area contributed by atoms with E-state index in [0.29, 0.717) is 12.0 Å². The summed E-state index contributed by atoms with van der Waals surface area (Å²) >= 11 is 0. The van der Waals surface area contributed by atoms with Crippen molar-refractivity contribution in [2.24, 2.45) is 11.3 Å². The van der Waals surface area contributed by atoms with Gasteiger partial charge in [-0.3, -0.25) is 0 Å². The van der Waals surface area contributed by atoms with Crippen molar-refractivity contribution in [2.75, 3.05) is 6.61 Å². The van der Waals surface area contributed by atoms with Gasteiger partial charge in [-0.05, 0) is 66.5 Å². The van der Waals surface area contributed by atoms with E-state index in [1.54, 1.807) is 12.1 Å². The number of halogens is 1. The van der Waals surface area contributed by atoms with Crippen LogP contribution in [0, 0.1) is 17.2 Å². The zero-order valence-electron chi connectivity index (χ0n) is 13.1. The van der Waals surface area contributed by atoms with Gasteiger partial charge >= 0.3 is 0 Å². The molecule has 0 bridgehead atoms. The van der Waals surface area contributed by atoms with Gasteiger partial charge in [-0.15, -0.1) is 0 Å². The Morgan fingerprint density at radius 3 is 2.83 bits per heavy atom. The minimum Gasteiger partial charge on any atom is -0.373 e. The monoisotopic (exact) mass is 310 g/mol. The fourth-order valence-electron chi connectivity index (χ4n) is 4.55. The van der Waals surface area contributed by atoms with Crippen LogP contribution in [0.3, 0.4) is 0 Å². The first kappa shape index (κ1) is 13.5. The quantitative estimate of drug-likeness (QED) is 0.791. The summed E-state index contributed by atoms with van der Waals surface area (Å²) < 4.78 is 20.7. The Labute approximate surface area is 134 Å². The number of aromatic nitrogens is 2. The third kappa shape index (κ3) is 1.94. The molecule has 0 unspecified atom stereocenters. The first-order chi connectivity index (χ1) is 11.1. The number of epoxide rings is 1. The molecule has 2 aliphatic carbocycles. The van der Waals surface area contributed by atoms with Crippen molar-refractivity contribution in [3.8, 4) is 5.69 Å². The van der Waals surface area contributed by atoms with E-state index in [-0.39, 0.29) is 11.2 Å². The minimum atomic E-state index is -0.219. The second-order valence-electron chi connectivity index (χ2n) is 7.22. The molecule has 1 aromatic heterocycles. The molecular formula is C19H19FN2O. The lowest BCUT2D eigenvalue weighted by atomic mass is 9.69. The van der Waals surface area contributed by atoms with E-state index in [1.165, 1.54) is 29.7 Å². The lowest BCUT2D eigenvalue weighted by Crippen LogP contribution is -2.31. The number of nitrogens with zero attached hydrogens (tertiary/aromatic N) is 2. The van der Waals surface area contributed by atoms with Gasteiger partial charge in [0.25, 0.3) is 0 Å². The van der Waals surface area contributed by atoms with E-state index >= 15 is 0 Å². The van der Waals surface area contributed by atoms with E-state index in [1.807, 2.05) is 10.9 Å². The molecule has 1 aliphatic heterocycles. The van der Waals surface area contributed by atoms with Gasteiger partial charge in [0.1, 0.15) is 5.82 Å². The van der Waals surface area contributed by atoms with E-state index in [9.17, 15) is 4.39 Å². The van der Waals surface area contributed by atoms with Crippen LogP contribution in [0.2, 0.25) is 0 Å². The molecule has 23 heavy (non-hydrogen) atoms. The summed E-state index contributed by atoms with van der Waals surface area (Å²) in [5.74, 6) is 0.417. The summed E-state index contributed by atoms with van der Waals surface area (Å²) in [5, 5.41) is 4.56. The van der Waals surface area contributed by atoms with Crippen molar-refractivity contribution in [1.82, 2.24) is 9.78 Å². The fourth-order valence-corrected chi connectivity index (χ4v) is 4.55. The van der Waals surface area contributed by atoms with Crippen LogP contribution >= 0.6 is 0 Å². The summed E-state index contributed by atoms with van der Waals surface area (Å²) in [7, 11) is 0. The molecule has 0 spiro atoms. The first-order valence-electron chi connectivity index (χ1n) is 8.31. The maximum Gasteiger partial charge on any atom is 0.123 e. The highest BCUT2D eigenvalue weighted by Gasteiger charge is 2.52. The van der Waals surface area contributed by atoms with E-state index < -0.39 is 0 Å². The molecular weight excluding hydrogens is 291 g/mol. The van der Waals surface area contributed by atoms with Crippen molar-refractivity contribution in [3.63, 3.8) is 0 Å². The Hall–Kier alpha value is -1.94. The van der Waals surface area contributed by atoms with E-state index in [4.69, 9.17) is 4.74 Å². The van der Waals surface area contributed by atoms with Crippen molar-refractivity contribution < 1.29 is 9.13 Å². The standard InChI is InChI=1S/C19H19FN2O/c1-19-9-12-10-21-22(15-5-3-14(20)4-6-15)17(12)8-13(19)2-7-16(19)18-11-23-18/h3-6,8,10,16,18H,2,7,9,11H2,1H3/t16-,18-,19+/m1/s1. The second kappa shape index (κ2) is 4.54. The number of rotatable bonds is 2. The van der Waals surface area contributed by atoms with Crippen LogP contribution in [0.4, 0.5) is 4.39 Å². The number of benzene rings is 1. The molecule has 1 saturated carbocycles. The normalized spacial score (nSPS) is 31.5. The molecule has 0 amide bonds. The van der Waals surface area contributed by atoms with E-state index in [2.05, 4.69) is 18.1 Å². The Morgan fingerprint density at radius 1 is 1.30 bits per heavy atom. The van der Waals surface area contributed by atoms with Gasteiger partial charge in [0, 0.05) is 0 Å². The van der Waals surface area contributed by atoms with Gasteiger partial charge in [-0.2, -0.15) is 5.10 Å². The van der Waals surface area contributed by atoms with Crippen molar-refractivity contribution in [2.45, 2.75) is 32.3 Å². The van der Waals surface area contributed by atoms with Gasteiger partial charge in [0.15, 0.2) is 0 Å². The highest BCUT2D eigenvalue weighted by molar-refractivity contribution is 5.62. The number of fused-ring (bicyclic) bond motifs is 2. The van der Waals surface area contributed by atoms with Crippen LogP contribution in [-0.4, -0.2) is 22.5 Å². The van der Waals surface area contributed by atoms with Gasteiger partial charge in [0.05, 0.1) is 30.3 Å². The van der Waals surface area contributed by atoms with Crippen LogP contribution in [0.25, 0.3) is 11.8 Å². The molecule has 118 valence electrons. The molecule has 2 heterocycles. The Morgan fingerprint density at radius 2 is 2.09 bits per heavy atom. The molecule has 0 radical (unpaired) electrons. The molecule has 5 rings (SSSR count). The second-order valence-corrected chi connectivity index (χ2v) is 7.22. The Bertz CT molecular complexity index is 803. The lowest BCUT2D eigenvalue weighted by Gasteiger charge is -2.35. The lowest BCUT2D eigenvalue weighted by molar-refractivity contribution is 0.209. The predicted octanol–water partition coefficient (Wildman–Crippen LogP) is 3.77. The SMILES string of the molecule is C[C@]12Cc3cnn(-c4ccc(F)cc4)c3C=C1CC[C@@H]2[C@H]1CO1. The number of hydrogen-bond donors (Lipinski definition) is 0. The third-order valence-corrected chi connectivity index (χ3v) is 5.91. The molecule has 2 fully saturated rings. The Kier molecular flexibility index (Phi) is 2.66. The summed E-state index contributed by atoms with van der Waals surface area (Å²) in [6, 6.07) is 6.54. The summed E-state index contributed by atoms with van der Waals surface area (Å²) in [4.78, 5) is 0. The van der Waals surface area contributed by atoms with Crippen LogP contribution in [-0.2, 0) is 11.2 Å². The van der Waals surface area contributed by atoms with Gasteiger partial charge < -0.3 is 4.74 Å². The molecule has 3 atom stereocenters. The number of hydrogen-bond acceptors (Lipinski definition) is 2. The summed E-state index contributed by atoms with van der Waals surface area (Å²) in [6.07, 6.45) is 8.15. The zero-order chi connectivity index (χ0) is 15.6.